The molecule has 8 nitrogen and oxygen atoms in total. The number of likely N-dealkylation sites (tertiary alicyclic amines) is 1. The lowest BCUT2D eigenvalue weighted by Crippen LogP contribution is -2.68. The molecule has 0 amide bonds. The molecule has 4 aromatic carbocycles. The summed E-state index contributed by atoms with van der Waals surface area (Å²) in [4.78, 5) is 5.37. The maximum Gasteiger partial charge on any atom is 0.102 e. The van der Waals surface area contributed by atoms with Gasteiger partial charge in [-0.3, -0.25) is 4.90 Å². The molecular weight excluding hydrogens is 540 g/mol. The second kappa shape index (κ2) is 16.0. The number of piperidine rings is 1. The Morgan fingerprint density at radius 1 is 0.628 bits per heavy atom. The fraction of sp³-hybridized carbons (Fsp3) is 0.314. The van der Waals surface area contributed by atoms with Crippen LogP contribution in [0.4, 0.5) is 0 Å². The van der Waals surface area contributed by atoms with Crippen LogP contribution in [0.1, 0.15) is 22.3 Å². The average Bonchev–Trinajstić information content (AvgIpc) is 3.06. The summed E-state index contributed by atoms with van der Waals surface area (Å²) >= 11 is 0. The molecular formula is C35H38N4O4. The van der Waals surface area contributed by atoms with Gasteiger partial charge in [0.1, 0.15) is 6.10 Å². The number of aliphatic hydroxyl groups excluding tert-OH is 1. The van der Waals surface area contributed by atoms with Gasteiger partial charge in [-0.05, 0) is 27.8 Å². The van der Waals surface area contributed by atoms with Gasteiger partial charge in [0, 0.05) is 17.5 Å². The molecule has 1 fully saturated rings. The van der Waals surface area contributed by atoms with E-state index in [0.717, 1.165) is 22.3 Å². The largest absolute Gasteiger partial charge is 0.395 e. The van der Waals surface area contributed by atoms with Crippen molar-refractivity contribution in [3.63, 3.8) is 0 Å². The lowest BCUT2D eigenvalue weighted by atomic mass is 9.85. The molecule has 1 aliphatic rings. The molecule has 222 valence electrons. The van der Waals surface area contributed by atoms with Crippen molar-refractivity contribution >= 4 is 0 Å². The quantitative estimate of drug-likeness (QED) is 0.108. The topological polar surface area (TPSA) is 99.9 Å². The monoisotopic (exact) mass is 578 g/mol. The Balaban J connectivity index is 1.50. The molecule has 1 aliphatic heterocycles. The number of benzene rings is 4. The van der Waals surface area contributed by atoms with E-state index in [2.05, 4.69) is 27.1 Å². The Bertz CT molecular complexity index is 1410. The van der Waals surface area contributed by atoms with Gasteiger partial charge in [-0.1, -0.05) is 126 Å². The van der Waals surface area contributed by atoms with E-state index < -0.39 is 24.3 Å². The molecule has 4 aromatic rings. The van der Waals surface area contributed by atoms with E-state index in [-0.39, 0.29) is 12.6 Å². The molecule has 5 rings (SSSR count). The molecule has 8 heteroatoms. The minimum absolute atomic E-state index is 0.220. The van der Waals surface area contributed by atoms with Gasteiger partial charge >= 0.3 is 0 Å². The van der Waals surface area contributed by atoms with Crippen molar-refractivity contribution < 1.29 is 19.3 Å². The van der Waals surface area contributed by atoms with Gasteiger partial charge in [-0.25, -0.2) is 0 Å². The van der Waals surface area contributed by atoms with Crippen LogP contribution in [-0.2, 0) is 40.6 Å². The van der Waals surface area contributed by atoms with Crippen molar-refractivity contribution in [3.8, 4) is 0 Å². The first-order valence-electron chi connectivity index (χ1n) is 14.6. The van der Waals surface area contributed by atoms with E-state index in [9.17, 15) is 10.6 Å². The van der Waals surface area contributed by atoms with Crippen molar-refractivity contribution in [2.45, 2.75) is 56.7 Å². The second-order valence-corrected chi connectivity index (χ2v) is 10.7. The number of ether oxygens (including phenoxy) is 3. The molecule has 0 unspecified atom stereocenters. The predicted molar refractivity (Wildman–Crippen MR) is 166 cm³/mol. The smallest absolute Gasteiger partial charge is 0.102 e. The Morgan fingerprint density at radius 2 is 1.09 bits per heavy atom. The summed E-state index contributed by atoms with van der Waals surface area (Å²) in [5.74, 6) is 0. The number of aliphatic hydroxyl groups is 1. The van der Waals surface area contributed by atoms with E-state index in [1.54, 1.807) is 0 Å². The van der Waals surface area contributed by atoms with Gasteiger partial charge in [0.05, 0.1) is 51.2 Å². The van der Waals surface area contributed by atoms with Crippen LogP contribution in [0.3, 0.4) is 0 Å². The fourth-order valence-corrected chi connectivity index (χ4v) is 5.70. The summed E-state index contributed by atoms with van der Waals surface area (Å²) in [5, 5.41) is 15.0. The zero-order valence-corrected chi connectivity index (χ0v) is 24.1. The summed E-state index contributed by atoms with van der Waals surface area (Å²) in [6.45, 7) is 1.70. The first-order valence-corrected chi connectivity index (χ1v) is 14.6. The van der Waals surface area contributed by atoms with Crippen LogP contribution in [0, 0.1) is 0 Å². The van der Waals surface area contributed by atoms with Gasteiger partial charge in [0.25, 0.3) is 0 Å². The molecule has 0 spiro atoms. The molecule has 1 saturated heterocycles. The van der Waals surface area contributed by atoms with Gasteiger partial charge in [-0.2, -0.15) is 0 Å². The van der Waals surface area contributed by atoms with Crippen molar-refractivity contribution in [2.24, 2.45) is 5.11 Å². The van der Waals surface area contributed by atoms with E-state index in [1.165, 1.54) is 0 Å². The maximum atomic E-state index is 10.8. The number of rotatable bonds is 14. The zero-order chi connectivity index (χ0) is 29.7. The van der Waals surface area contributed by atoms with E-state index >= 15 is 0 Å². The molecule has 0 aliphatic carbocycles. The highest BCUT2D eigenvalue weighted by Crippen LogP contribution is 2.34. The van der Waals surface area contributed by atoms with Crippen LogP contribution in [0.2, 0.25) is 0 Å². The Hall–Kier alpha value is -4.01. The highest BCUT2D eigenvalue weighted by Gasteiger charge is 2.50. The molecule has 1 heterocycles. The third-order valence-electron chi connectivity index (χ3n) is 7.84. The van der Waals surface area contributed by atoms with E-state index in [0.29, 0.717) is 33.0 Å². The molecule has 0 aromatic heterocycles. The molecule has 5 atom stereocenters. The SMILES string of the molecule is [N-]=[N+]=N[C@@H]1[C@@H](OCc2ccccc2)[C@H](OCc2ccccc2)[C@@H](COCc2ccccc2)N(Cc2ccccc2)[C@H]1CO. The second-order valence-electron chi connectivity index (χ2n) is 10.7. The number of hydrogen-bond donors (Lipinski definition) is 1. The average molecular weight is 579 g/mol. The highest BCUT2D eigenvalue weighted by atomic mass is 16.5. The van der Waals surface area contributed by atoms with Gasteiger partial charge in [0.2, 0.25) is 0 Å². The van der Waals surface area contributed by atoms with Crippen molar-refractivity contribution in [1.29, 1.82) is 0 Å². The molecule has 0 bridgehead atoms. The lowest BCUT2D eigenvalue weighted by Gasteiger charge is -2.51. The van der Waals surface area contributed by atoms with Crippen LogP contribution in [0.5, 0.6) is 0 Å². The van der Waals surface area contributed by atoms with Crippen LogP contribution in [0.15, 0.2) is 126 Å². The molecule has 1 N–H and O–H groups in total. The first-order chi connectivity index (χ1) is 21.3. The zero-order valence-electron chi connectivity index (χ0n) is 24.1. The van der Waals surface area contributed by atoms with Gasteiger partial charge in [0.15, 0.2) is 0 Å². The van der Waals surface area contributed by atoms with E-state index in [1.807, 2.05) is 109 Å². The lowest BCUT2D eigenvalue weighted by molar-refractivity contribution is -0.185. The third-order valence-corrected chi connectivity index (χ3v) is 7.84. The minimum atomic E-state index is -0.700. The normalized spacial score (nSPS) is 22.1. The number of azide groups is 1. The summed E-state index contributed by atoms with van der Waals surface area (Å²) in [6, 6.07) is 38.4. The van der Waals surface area contributed by atoms with Gasteiger partial charge in [-0.15, -0.1) is 0 Å². The van der Waals surface area contributed by atoms with Crippen LogP contribution >= 0.6 is 0 Å². The Morgan fingerprint density at radius 3 is 1.58 bits per heavy atom. The third kappa shape index (κ3) is 8.30. The fourth-order valence-electron chi connectivity index (χ4n) is 5.70. The molecule has 0 radical (unpaired) electrons. The highest BCUT2D eigenvalue weighted by molar-refractivity contribution is 5.19. The number of nitrogens with zero attached hydrogens (tertiary/aromatic N) is 4. The Kier molecular flexibility index (Phi) is 11.3. The molecule has 0 saturated carbocycles. The first kappa shape index (κ1) is 30.4. The maximum absolute atomic E-state index is 10.8. The Labute approximate surface area is 253 Å². The van der Waals surface area contributed by atoms with Crippen LogP contribution in [0.25, 0.3) is 10.4 Å². The van der Waals surface area contributed by atoms with Crippen molar-refractivity contribution in [3.05, 3.63) is 154 Å². The van der Waals surface area contributed by atoms with E-state index in [4.69, 9.17) is 14.2 Å². The predicted octanol–water partition coefficient (Wildman–Crippen LogP) is 6.30. The van der Waals surface area contributed by atoms with Crippen LogP contribution < -0.4 is 0 Å². The summed E-state index contributed by atoms with van der Waals surface area (Å²) < 4.78 is 19.6. The standard InChI is InChI=1S/C35H38N4O4/c36-38-37-33-31(22-40)39(21-27-13-5-1-6-14-27)32(26-41-23-28-15-7-2-8-16-28)34(42-24-29-17-9-3-10-18-29)35(33)43-25-30-19-11-4-12-20-30/h1-20,31-35,40H,21-26H2/t31-,32+,33-,34+,35+/m0/s1. The van der Waals surface area contributed by atoms with Crippen molar-refractivity contribution in [2.75, 3.05) is 13.2 Å². The van der Waals surface area contributed by atoms with Crippen molar-refractivity contribution in [1.82, 2.24) is 4.90 Å². The summed E-state index contributed by atoms with van der Waals surface area (Å²) in [6.07, 6.45) is -1.16. The number of hydrogen-bond acceptors (Lipinski definition) is 6. The summed E-state index contributed by atoms with van der Waals surface area (Å²) in [7, 11) is 0. The summed E-state index contributed by atoms with van der Waals surface area (Å²) in [5.41, 5.74) is 13.8. The van der Waals surface area contributed by atoms with Gasteiger partial charge < -0.3 is 19.3 Å². The molecule has 43 heavy (non-hydrogen) atoms. The van der Waals surface area contributed by atoms with Crippen LogP contribution in [-0.4, -0.2) is 53.6 Å². The minimum Gasteiger partial charge on any atom is -0.395 e.